The first-order valence-corrected chi connectivity index (χ1v) is 17.6. The van der Waals surface area contributed by atoms with Crippen LogP contribution >= 0.6 is 46.3 Å². The molecule has 9 nitrogen and oxygen atoms in total. The Bertz CT molecular complexity index is 2010. The van der Waals surface area contributed by atoms with Gasteiger partial charge in [0.25, 0.3) is 5.78 Å². The maximum atomic E-state index is 13.8. The van der Waals surface area contributed by atoms with Crippen LogP contribution in [0.5, 0.6) is 5.75 Å². The number of aromatic nitrogens is 4. The van der Waals surface area contributed by atoms with Crippen LogP contribution < -0.4 is 9.64 Å². The number of anilines is 1. The maximum Gasteiger partial charge on any atom is 0.301 e. The first-order chi connectivity index (χ1) is 22.7. The van der Waals surface area contributed by atoms with E-state index in [1.54, 1.807) is 36.4 Å². The highest BCUT2D eigenvalue weighted by Gasteiger charge is 2.49. The van der Waals surface area contributed by atoms with E-state index in [-0.39, 0.29) is 22.2 Å². The number of hydrogen-bond acceptors (Lipinski definition) is 9. The van der Waals surface area contributed by atoms with Crippen LogP contribution in [0.4, 0.5) is 5.13 Å². The van der Waals surface area contributed by atoms with E-state index in [1.807, 2.05) is 42.6 Å². The molecule has 0 saturated carbocycles. The number of aliphatic hydroxyl groups is 1. The molecule has 0 spiro atoms. The predicted octanol–water partition coefficient (Wildman–Crippen LogP) is 8.60. The molecule has 0 aliphatic carbocycles. The fraction of sp³-hybridized carbons (Fsp3) is 0.265. The Hall–Kier alpha value is -3.90. The SMILES string of the molecule is CCCCCOc1ccc(C2C(=C(O)c3nc4c(C)cccn4c3C)C(=O)C(=O)N2c2nnc(SCc3ccc(Cl)cc3Cl)s2)cc1. The van der Waals surface area contributed by atoms with E-state index in [4.69, 9.17) is 27.9 Å². The van der Waals surface area contributed by atoms with E-state index >= 15 is 0 Å². The van der Waals surface area contributed by atoms with Crippen LogP contribution in [0.1, 0.15) is 60.3 Å². The number of Topliss-reactive ketones (excluding diaryl/α,β-unsaturated/α-hetero) is 1. The molecule has 1 fully saturated rings. The van der Waals surface area contributed by atoms with Gasteiger partial charge in [-0.25, -0.2) is 4.98 Å². The van der Waals surface area contributed by atoms with Gasteiger partial charge in [0.15, 0.2) is 10.1 Å². The van der Waals surface area contributed by atoms with Gasteiger partial charge in [-0.1, -0.05) is 90.3 Å². The predicted molar refractivity (Wildman–Crippen MR) is 187 cm³/mol. The van der Waals surface area contributed by atoms with Crippen LogP contribution in [0.15, 0.2) is 70.7 Å². The third-order valence-electron chi connectivity index (χ3n) is 7.93. The van der Waals surface area contributed by atoms with E-state index < -0.39 is 17.7 Å². The van der Waals surface area contributed by atoms with E-state index in [2.05, 4.69) is 22.1 Å². The molecule has 0 radical (unpaired) electrons. The molecule has 1 atom stereocenters. The van der Waals surface area contributed by atoms with Gasteiger partial charge < -0.3 is 14.2 Å². The summed E-state index contributed by atoms with van der Waals surface area (Å²) < 4.78 is 8.33. The molecule has 6 rings (SSSR count). The summed E-state index contributed by atoms with van der Waals surface area (Å²) >= 11 is 15.0. The first kappa shape index (κ1) is 33.0. The lowest BCUT2D eigenvalue weighted by atomic mass is 9.96. The second-order valence-corrected chi connectivity index (χ2v) is 14.1. The molecular formula is C34H31Cl2N5O4S2. The Balaban J connectivity index is 1.39. The minimum atomic E-state index is -0.981. The van der Waals surface area contributed by atoms with Gasteiger partial charge in [0, 0.05) is 22.0 Å². The lowest BCUT2D eigenvalue weighted by Crippen LogP contribution is -2.29. The lowest BCUT2D eigenvalue weighted by Gasteiger charge is -2.22. The Labute approximate surface area is 290 Å². The number of thioether (sulfide) groups is 1. The van der Waals surface area contributed by atoms with Crippen molar-refractivity contribution in [3.8, 4) is 5.75 Å². The zero-order valence-corrected chi connectivity index (χ0v) is 29.0. The molecule has 1 aliphatic heterocycles. The largest absolute Gasteiger partial charge is 0.505 e. The topological polar surface area (TPSA) is 110 Å². The average Bonchev–Trinajstić information content (AvgIpc) is 3.74. The van der Waals surface area contributed by atoms with Crippen molar-refractivity contribution >= 4 is 74.5 Å². The molecule has 242 valence electrons. The van der Waals surface area contributed by atoms with Gasteiger partial charge in [-0.2, -0.15) is 0 Å². The van der Waals surface area contributed by atoms with Gasteiger partial charge in [-0.3, -0.25) is 14.5 Å². The van der Waals surface area contributed by atoms with Gasteiger partial charge in [-0.05, 0) is 67.3 Å². The molecule has 0 bridgehead atoms. The molecule has 47 heavy (non-hydrogen) atoms. The number of nitrogens with zero attached hydrogens (tertiary/aromatic N) is 5. The highest BCUT2D eigenvalue weighted by Crippen LogP contribution is 2.45. The highest BCUT2D eigenvalue weighted by molar-refractivity contribution is 8.00. The van der Waals surface area contributed by atoms with Crippen LogP contribution in [-0.4, -0.2) is 43.0 Å². The quantitative estimate of drug-likeness (QED) is 0.0363. The summed E-state index contributed by atoms with van der Waals surface area (Å²) in [5.41, 5.74) is 3.81. The zero-order valence-electron chi connectivity index (χ0n) is 25.9. The summed E-state index contributed by atoms with van der Waals surface area (Å²) in [4.78, 5) is 33.5. The number of aryl methyl sites for hydroxylation is 2. The number of ether oxygens (including phenoxy) is 1. The Morgan fingerprint density at radius 1 is 1.06 bits per heavy atom. The molecule has 4 heterocycles. The van der Waals surface area contributed by atoms with Crippen LogP contribution in [0, 0.1) is 13.8 Å². The number of carbonyl (C=O) groups is 2. The molecule has 3 aromatic heterocycles. The first-order valence-electron chi connectivity index (χ1n) is 15.1. The van der Waals surface area contributed by atoms with Gasteiger partial charge in [0.2, 0.25) is 5.13 Å². The van der Waals surface area contributed by atoms with Gasteiger partial charge in [0.05, 0.1) is 23.9 Å². The average molecular weight is 709 g/mol. The number of fused-ring (bicyclic) bond motifs is 1. The molecule has 5 aromatic rings. The molecule has 13 heteroatoms. The number of unbranched alkanes of at least 4 members (excludes halogenated alkanes) is 2. The smallest absolute Gasteiger partial charge is 0.301 e. The number of rotatable bonds is 11. The van der Waals surface area contributed by atoms with E-state index in [0.29, 0.717) is 49.4 Å². The summed E-state index contributed by atoms with van der Waals surface area (Å²) in [6.45, 7) is 6.45. The van der Waals surface area contributed by atoms with Crippen molar-refractivity contribution in [2.75, 3.05) is 11.5 Å². The monoisotopic (exact) mass is 707 g/mol. The minimum absolute atomic E-state index is 0.0758. The molecule has 1 aliphatic rings. The van der Waals surface area contributed by atoms with Gasteiger partial charge in [-0.15, -0.1) is 10.2 Å². The molecule has 1 amide bonds. The normalized spacial score (nSPS) is 16.0. The molecule has 1 unspecified atom stereocenters. The third kappa shape index (κ3) is 6.62. The van der Waals surface area contributed by atoms with E-state index in [1.165, 1.54) is 28.0 Å². The van der Waals surface area contributed by atoms with Crippen LogP contribution in [0.2, 0.25) is 10.0 Å². The number of hydrogen-bond donors (Lipinski definition) is 1. The second kappa shape index (κ2) is 14.1. The number of pyridine rings is 1. The van der Waals surface area contributed by atoms with Crippen molar-refractivity contribution in [1.29, 1.82) is 0 Å². The van der Waals surface area contributed by atoms with Crippen molar-refractivity contribution in [3.05, 3.63) is 104 Å². The molecular weight excluding hydrogens is 677 g/mol. The van der Waals surface area contributed by atoms with E-state index in [0.717, 1.165) is 30.4 Å². The molecule has 2 aromatic carbocycles. The highest BCUT2D eigenvalue weighted by atomic mass is 35.5. The number of aliphatic hydroxyl groups excluding tert-OH is 1. The van der Waals surface area contributed by atoms with Crippen molar-refractivity contribution in [3.63, 3.8) is 0 Å². The van der Waals surface area contributed by atoms with Gasteiger partial charge in [0.1, 0.15) is 17.1 Å². The maximum absolute atomic E-state index is 13.8. The minimum Gasteiger partial charge on any atom is -0.505 e. The van der Waals surface area contributed by atoms with Crippen molar-refractivity contribution in [1.82, 2.24) is 19.6 Å². The fourth-order valence-electron chi connectivity index (χ4n) is 5.44. The van der Waals surface area contributed by atoms with Crippen LogP contribution in [-0.2, 0) is 15.3 Å². The fourth-order valence-corrected chi connectivity index (χ4v) is 7.87. The number of halogens is 2. The van der Waals surface area contributed by atoms with Crippen LogP contribution in [0.25, 0.3) is 11.4 Å². The van der Waals surface area contributed by atoms with Gasteiger partial charge >= 0.3 is 5.91 Å². The number of amides is 1. The second-order valence-electron chi connectivity index (χ2n) is 11.1. The lowest BCUT2D eigenvalue weighted by molar-refractivity contribution is -0.132. The summed E-state index contributed by atoms with van der Waals surface area (Å²) in [6.07, 6.45) is 4.95. The molecule has 1 saturated heterocycles. The van der Waals surface area contributed by atoms with Crippen molar-refractivity contribution < 1.29 is 19.4 Å². The molecule has 1 N–H and O–H groups in total. The van der Waals surface area contributed by atoms with Crippen molar-refractivity contribution in [2.24, 2.45) is 0 Å². The zero-order chi connectivity index (χ0) is 33.2. The number of carbonyl (C=O) groups excluding carboxylic acids is 2. The van der Waals surface area contributed by atoms with Crippen LogP contribution in [0.3, 0.4) is 0 Å². The number of benzene rings is 2. The number of imidazole rings is 1. The summed E-state index contributed by atoms with van der Waals surface area (Å²) in [5.74, 6) is -0.837. The van der Waals surface area contributed by atoms with E-state index in [9.17, 15) is 14.7 Å². The summed E-state index contributed by atoms with van der Waals surface area (Å²) in [6, 6.07) is 15.3. The third-order valence-corrected chi connectivity index (χ3v) is 10.6. The Morgan fingerprint density at radius 2 is 1.85 bits per heavy atom. The standard InChI is InChI=1S/C34H31Cl2N5O4S2/c1-4-5-6-16-45-24-13-10-21(11-14-24)28-26(29(42)27-20(3)40-15-7-8-19(2)31(40)37-27)30(43)32(44)41(28)33-38-39-34(47-33)46-18-22-9-12-23(35)17-25(22)36/h7-15,17,28,42H,4-6,16,18H2,1-3H3. The Kier molecular flexibility index (Phi) is 9.88. The summed E-state index contributed by atoms with van der Waals surface area (Å²) in [5, 5.41) is 21.7. The van der Waals surface area contributed by atoms with Crippen molar-refractivity contribution in [2.45, 2.75) is 56.2 Å². The number of ketones is 1. The Morgan fingerprint density at radius 3 is 2.57 bits per heavy atom. The summed E-state index contributed by atoms with van der Waals surface area (Å²) in [7, 11) is 0.